The number of rotatable bonds is 6. The Hall–Kier alpha value is -0.870. The lowest BCUT2D eigenvalue weighted by Crippen LogP contribution is -2.44. The molecule has 1 saturated carbocycles. The van der Waals surface area contributed by atoms with Crippen molar-refractivity contribution in [3.05, 3.63) is 22.4 Å². The number of ether oxygens (including phenoxy) is 1. The highest BCUT2D eigenvalue weighted by atomic mass is 32.1. The Morgan fingerprint density at radius 1 is 1.26 bits per heavy atom. The summed E-state index contributed by atoms with van der Waals surface area (Å²) in [7, 11) is 0. The molecule has 23 heavy (non-hydrogen) atoms. The summed E-state index contributed by atoms with van der Waals surface area (Å²) in [6, 6.07) is 4.33. The van der Waals surface area contributed by atoms with Crippen LogP contribution in [-0.4, -0.2) is 25.7 Å². The van der Waals surface area contributed by atoms with Gasteiger partial charge in [-0.15, -0.1) is 11.3 Å². The van der Waals surface area contributed by atoms with Crippen molar-refractivity contribution in [1.82, 2.24) is 5.32 Å². The van der Waals surface area contributed by atoms with Crippen LogP contribution in [-0.2, 0) is 14.9 Å². The third-order valence-corrected chi connectivity index (χ3v) is 6.74. The van der Waals surface area contributed by atoms with Gasteiger partial charge in [0, 0.05) is 36.5 Å². The van der Waals surface area contributed by atoms with E-state index in [1.165, 1.54) is 37.0 Å². The highest BCUT2D eigenvalue weighted by Crippen LogP contribution is 2.37. The predicted molar refractivity (Wildman–Crippen MR) is 94.9 cm³/mol. The molecule has 0 bridgehead atoms. The van der Waals surface area contributed by atoms with Crippen LogP contribution >= 0.6 is 11.3 Å². The molecule has 0 unspecified atom stereocenters. The zero-order valence-corrected chi connectivity index (χ0v) is 14.8. The molecule has 1 N–H and O–H groups in total. The topological polar surface area (TPSA) is 38.3 Å². The van der Waals surface area contributed by atoms with Crippen LogP contribution in [0.3, 0.4) is 0 Å². The standard InChI is InChI=1S/C19H29NO2S/c21-18(9-8-16-5-2-1-3-6-16)20-15-19(10-12-22-13-11-19)17-7-4-14-23-17/h4,7,14,16H,1-3,5-6,8-13,15H2,(H,20,21). The van der Waals surface area contributed by atoms with E-state index in [4.69, 9.17) is 4.74 Å². The fourth-order valence-electron chi connectivity index (χ4n) is 4.02. The molecule has 1 amide bonds. The summed E-state index contributed by atoms with van der Waals surface area (Å²) in [6.45, 7) is 2.37. The largest absolute Gasteiger partial charge is 0.381 e. The van der Waals surface area contributed by atoms with Crippen LogP contribution in [0.25, 0.3) is 0 Å². The van der Waals surface area contributed by atoms with Crippen molar-refractivity contribution in [1.29, 1.82) is 0 Å². The summed E-state index contributed by atoms with van der Waals surface area (Å²) >= 11 is 1.81. The minimum absolute atomic E-state index is 0.0902. The van der Waals surface area contributed by atoms with Crippen molar-refractivity contribution in [3.63, 3.8) is 0 Å². The maximum absolute atomic E-state index is 12.3. The van der Waals surface area contributed by atoms with Crippen LogP contribution in [0.2, 0.25) is 0 Å². The van der Waals surface area contributed by atoms with Crippen molar-refractivity contribution in [3.8, 4) is 0 Å². The molecule has 0 aromatic carbocycles. The van der Waals surface area contributed by atoms with E-state index >= 15 is 0 Å². The number of nitrogens with one attached hydrogen (secondary N) is 1. The van der Waals surface area contributed by atoms with Crippen molar-refractivity contribution < 1.29 is 9.53 Å². The molecule has 2 heterocycles. The SMILES string of the molecule is O=C(CCC1CCCCC1)NCC1(c2cccs2)CCOCC1. The summed E-state index contributed by atoms with van der Waals surface area (Å²) in [5, 5.41) is 5.37. The van der Waals surface area contributed by atoms with Gasteiger partial charge in [0.15, 0.2) is 0 Å². The summed E-state index contributed by atoms with van der Waals surface area (Å²) in [5.74, 6) is 1.02. The molecule has 3 nitrogen and oxygen atoms in total. The Morgan fingerprint density at radius 2 is 2.04 bits per heavy atom. The number of hydrogen-bond acceptors (Lipinski definition) is 3. The van der Waals surface area contributed by atoms with Gasteiger partial charge in [-0.25, -0.2) is 0 Å². The number of carbonyl (C=O) groups is 1. The summed E-state index contributed by atoms with van der Waals surface area (Å²) in [6.07, 6.45) is 10.5. The number of hydrogen-bond donors (Lipinski definition) is 1. The third kappa shape index (κ3) is 4.57. The Bertz CT molecular complexity index is 474. The molecule has 128 valence electrons. The van der Waals surface area contributed by atoms with E-state index in [1.54, 1.807) is 0 Å². The number of amides is 1. The summed E-state index contributed by atoms with van der Waals surface area (Å²) in [5.41, 5.74) is 0.0902. The quantitative estimate of drug-likeness (QED) is 0.843. The first-order chi connectivity index (χ1) is 11.3. The summed E-state index contributed by atoms with van der Waals surface area (Å²) < 4.78 is 5.55. The minimum atomic E-state index is 0.0902. The molecule has 1 aromatic rings. The molecule has 3 rings (SSSR count). The first-order valence-corrected chi connectivity index (χ1v) is 10.0. The third-order valence-electron chi connectivity index (χ3n) is 5.62. The molecule has 0 spiro atoms. The van der Waals surface area contributed by atoms with E-state index in [-0.39, 0.29) is 11.3 Å². The molecular formula is C19H29NO2S. The highest BCUT2D eigenvalue weighted by molar-refractivity contribution is 7.10. The Balaban J connectivity index is 1.49. The molecule has 1 aliphatic carbocycles. The maximum atomic E-state index is 12.3. The van der Waals surface area contributed by atoms with Gasteiger partial charge in [0.25, 0.3) is 0 Å². The molecule has 2 aliphatic rings. The van der Waals surface area contributed by atoms with Crippen LogP contribution in [0.5, 0.6) is 0 Å². The lowest BCUT2D eigenvalue weighted by molar-refractivity contribution is -0.122. The van der Waals surface area contributed by atoms with E-state index in [0.29, 0.717) is 6.42 Å². The molecule has 0 radical (unpaired) electrons. The van der Waals surface area contributed by atoms with Crippen molar-refractivity contribution in [2.24, 2.45) is 5.92 Å². The van der Waals surface area contributed by atoms with E-state index in [0.717, 1.165) is 44.9 Å². The lowest BCUT2D eigenvalue weighted by atomic mass is 9.78. The average Bonchev–Trinajstić information content (AvgIpc) is 3.15. The molecule has 1 saturated heterocycles. The Morgan fingerprint density at radius 3 is 2.74 bits per heavy atom. The van der Waals surface area contributed by atoms with Crippen LogP contribution in [0.1, 0.15) is 62.7 Å². The molecule has 2 fully saturated rings. The van der Waals surface area contributed by atoms with Crippen molar-refractivity contribution in [2.75, 3.05) is 19.8 Å². The summed E-state index contributed by atoms with van der Waals surface area (Å²) in [4.78, 5) is 13.7. The van der Waals surface area contributed by atoms with Gasteiger partial charge < -0.3 is 10.1 Å². The first-order valence-electron chi connectivity index (χ1n) is 9.17. The Labute approximate surface area is 143 Å². The molecule has 0 atom stereocenters. The lowest BCUT2D eigenvalue weighted by Gasteiger charge is -2.36. The van der Waals surface area contributed by atoms with Crippen LogP contribution in [0, 0.1) is 5.92 Å². The molecule has 4 heteroatoms. The average molecular weight is 336 g/mol. The second-order valence-corrected chi connectivity index (χ2v) is 8.14. The Kier molecular flexibility index (Phi) is 6.12. The highest BCUT2D eigenvalue weighted by Gasteiger charge is 2.35. The first kappa shape index (κ1) is 17.0. The van der Waals surface area contributed by atoms with Gasteiger partial charge in [-0.05, 0) is 36.6 Å². The zero-order valence-electron chi connectivity index (χ0n) is 14.0. The van der Waals surface area contributed by atoms with E-state index in [2.05, 4.69) is 22.8 Å². The normalized spacial score (nSPS) is 21.9. The van der Waals surface area contributed by atoms with Crippen molar-refractivity contribution in [2.45, 2.75) is 63.2 Å². The van der Waals surface area contributed by atoms with E-state index < -0.39 is 0 Å². The fourth-order valence-corrected chi connectivity index (χ4v) is 5.01. The van der Waals surface area contributed by atoms with Crippen LogP contribution in [0.4, 0.5) is 0 Å². The molecule has 1 aromatic heterocycles. The predicted octanol–water partition coefficient (Wildman–Crippen LogP) is 4.27. The van der Waals surface area contributed by atoms with Crippen molar-refractivity contribution >= 4 is 17.2 Å². The zero-order chi connectivity index (χ0) is 16.0. The fraction of sp³-hybridized carbons (Fsp3) is 0.737. The second kappa shape index (κ2) is 8.29. The van der Waals surface area contributed by atoms with E-state index in [9.17, 15) is 4.79 Å². The monoisotopic (exact) mass is 335 g/mol. The van der Waals surface area contributed by atoms with Gasteiger partial charge in [-0.1, -0.05) is 38.2 Å². The van der Waals surface area contributed by atoms with Gasteiger partial charge in [0.05, 0.1) is 0 Å². The van der Waals surface area contributed by atoms with E-state index in [1.807, 2.05) is 11.3 Å². The molecular weight excluding hydrogens is 306 g/mol. The smallest absolute Gasteiger partial charge is 0.220 e. The van der Waals surface area contributed by atoms with Gasteiger partial charge in [0.2, 0.25) is 5.91 Å². The number of carbonyl (C=O) groups excluding carboxylic acids is 1. The van der Waals surface area contributed by atoms with Crippen LogP contribution in [0.15, 0.2) is 17.5 Å². The van der Waals surface area contributed by atoms with Gasteiger partial charge in [-0.2, -0.15) is 0 Å². The van der Waals surface area contributed by atoms with Gasteiger partial charge in [0.1, 0.15) is 0 Å². The number of thiophene rings is 1. The second-order valence-electron chi connectivity index (χ2n) is 7.19. The van der Waals surface area contributed by atoms with Crippen LogP contribution < -0.4 is 5.32 Å². The van der Waals surface area contributed by atoms with Gasteiger partial charge >= 0.3 is 0 Å². The minimum Gasteiger partial charge on any atom is -0.381 e. The molecule has 1 aliphatic heterocycles. The maximum Gasteiger partial charge on any atom is 0.220 e. The van der Waals surface area contributed by atoms with Gasteiger partial charge in [-0.3, -0.25) is 4.79 Å².